The van der Waals surface area contributed by atoms with Crippen molar-refractivity contribution in [2.75, 3.05) is 6.54 Å². The Kier molecular flexibility index (Phi) is 8.85. The largest absolute Gasteiger partial charge is 0.404 e. The number of rotatable bonds is 10. The van der Waals surface area contributed by atoms with Gasteiger partial charge in [-0.15, -0.1) is 11.3 Å². The van der Waals surface area contributed by atoms with Crippen LogP contribution in [0.3, 0.4) is 0 Å². The molecule has 1 aliphatic carbocycles. The highest BCUT2D eigenvalue weighted by Gasteiger charge is 2.40. The minimum Gasteiger partial charge on any atom is -0.389 e. The zero-order valence-corrected chi connectivity index (χ0v) is 22.3. The van der Waals surface area contributed by atoms with E-state index in [4.69, 9.17) is 0 Å². The van der Waals surface area contributed by atoms with Crippen LogP contribution in [0.4, 0.5) is 26.3 Å². The number of thiazole rings is 1. The Morgan fingerprint density at radius 1 is 1.24 bits per heavy atom. The van der Waals surface area contributed by atoms with E-state index in [0.717, 1.165) is 25.3 Å². The van der Waals surface area contributed by atoms with Crippen LogP contribution in [0.1, 0.15) is 67.5 Å². The molecule has 0 saturated heterocycles. The molecular formula is C23H27F6N3O4S2. The third-order valence-corrected chi connectivity index (χ3v) is 8.69. The molecule has 15 heteroatoms. The van der Waals surface area contributed by atoms with Crippen LogP contribution in [0.5, 0.6) is 0 Å². The molecule has 1 atom stereocenters. The highest BCUT2D eigenvalue weighted by atomic mass is 32.2. The molecular weight excluding hydrogens is 560 g/mol. The fraction of sp³-hybridized carbons (Fsp3) is 0.565. The summed E-state index contributed by atoms with van der Waals surface area (Å²) in [6.07, 6.45) is -5.58. The van der Waals surface area contributed by atoms with Crippen LogP contribution in [-0.2, 0) is 16.4 Å². The zero-order valence-electron chi connectivity index (χ0n) is 20.6. The summed E-state index contributed by atoms with van der Waals surface area (Å²) in [5.41, 5.74) is -2.73. The molecule has 3 rings (SSSR count). The number of sulfonamides is 1. The molecule has 1 aromatic heterocycles. The Labute approximate surface area is 219 Å². The third-order valence-electron chi connectivity index (χ3n) is 6.00. The summed E-state index contributed by atoms with van der Waals surface area (Å²) in [5, 5.41) is 12.2. The Hall–Kier alpha value is -2.23. The van der Waals surface area contributed by atoms with Gasteiger partial charge in [-0.3, -0.25) is 4.79 Å². The van der Waals surface area contributed by atoms with Crippen molar-refractivity contribution < 1.29 is 44.7 Å². The smallest absolute Gasteiger partial charge is 0.389 e. The van der Waals surface area contributed by atoms with Gasteiger partial charge in [-0.05, 0) is 39.2 Å². The summed E-state index contributed by atoms with van der Waals surface area (Å²) in [6.45, 7) is 3.28. The van der Waals surface area contributed by atoms with E-state index in [0.29, 0.717) is 30.7 Å². The lowest BCUT2D eigenvalue weighted by molar-refractivity contribution is -0.147. The monoisotopic (exact) mass is 587 g/mol. The molecule has 0 spiro atoms. The van der Waals surface area contributed by atoms with E-state index in [-0.39, 0.29) is 28.0 Å². The zero-order chi connectivity index (χ0) is 28.6. The Morgan fingerprint density at radius 2 is 1.87 bits per heavy atom. The van der Waals surface area contributed by atoms with Gasteiger partial charge in [-0.1, -0.05) is 25.3 Å². The first-order valence-corrected chi connectivity index (χ1v) is 13.9. The minimum atomic E-state index is -5.16. The molecule has 1 fully saturated rings. The van der Waals surface area contributed by atoms with E-state index in [1.54, 1.807) is 0 Å². The van der Waals surface area contributed by atoms with Crippen LogP contribution in [0.25, 0.3) is 10.4 Å². The molecule has 7 nitrogen and oxygen atoms in total. The van der Waals surface area contributed by atoms with Crippen LogP contribution in [0.15, 0.2) is 17.0 Å². The molecule has 212 valence electrons. The van der Waals surface area contributed by atoms with Crippen LogP contribution in [0.2, 0.25) is 0 Å². The second-order valence-electron chi connectivity index (χ2n) is 9.82. The molecule has 1 aromatic carbocycles. The number of nitrogens with zero attached hydrogens (tertiary/aromatic N) is 1. The number of alkyl halides is 5. The maximum absolute atomic E-state index is 15.3. The Bertz CT molecular complexity index is 1290. The summed E-state index contributed by atoms with van der Waals surface area (Å²) in [5.74, 6) is -2.42. The lowest BCUT2D eigenvalue weighted by Crippen LogP contribution is -2.43. The van der Waals surface area contributed by atoms with Gasteiger partial charge < -0.3 is 10.4 Å². The first kappa shape index (κ1) is 30.3. The summed E-state index contributed by atoms with van der Waals surface area (Å²) in [7, 11) is -5.16. The van der Waals surface area contributed by atoms with Crippen molar-refractivity contribution >= 4 is 27.3 Å². The molecule has 38 heavy (non-hydrogen) atoms. The van der Waals surface area contributed by atoms with Gasteiger partial charge >= 0.3 is 6.18 Å². The Morgan fingerprint density at radius 3 is 2.37 bits per heavy atom. The normalized spacial score (nSPS) is 16.0. The Balaban J connectivity index is 2.09. The maximum atomic E-state index is 15.3. The quantitative estimate of drug-likeness (QED) is 0.341. The number of aliphatic hydroxyl groups is 1. The number of hydrogen-bond donors (Lipinski definition) is 3. The van der Waals surface area contributed by atoms with Gasteiger partial charge in [-0.2, -0.15) is 17.9 Å². The van der Waals surface area contributed by atoms with Crippen molar-refractivity contribution in [2.45, 2.75) is 75.6 Å². The van der Waals surface area contributed by atoms with Crippen molar-refractivity contribution in [1.82, 2.24) is 15.0 Å². The lowest BCUT2D eigenvalue weighted by atomic mass is 9.81. The topological polar surface area (TPSA) is 108 Å². The van der Waals surface area contributed by atoms with Crippen LogP contribution in [0, 0.1) is 11.7 Å². The van der Waals surface area contributed by atoms with E-state index in [2.05, 4.69) is 10.3 Å². The standard InChI is InChI=1S/C23H27F6N3O4S2/c1-11(23(27,28)29)32-38(35,36)15-8-7-13(16(17(15)24)19(25)26)18-14(9-12-5-4-6-12)31-21(37-18)20(33)30-10-22(2,3)34/h7-8,11-12,19,32,34H,4-6,9-10H2,1-3H3,(H,30,33)/t11-/m0/s1. The molecule has 1 saturated carbocycles. The lowest BCUT2D eigenvalue weighted by Gasteiger charge is -2.25. The van der Waals surface area contributed by atoms with Gasteiger partial charge in [0.15, 0.2) is 10.8 Å². The van der Waals surface area contributed by atoms with Gasteiger partial charge in [0.1, 0.15) is 10.9 Å². The number of aromatic nitrogens is 1. The number of amides is 1. The minimum absolute atomic E-state index is 0.0278. The number of halogens is 6. The molecule has 0 unspecified atom stereocenters. The van der Waals surface area contributed by atoms with Crippen molar-refractivity contribution in [3.8, 4) is 10.4 Å². The molecule has 0 radical (unpaired) electrons. The first-order chi connectivity index (χ1) is 17.4. The van der Waals surface area contributed by atoms with Crippen molar-refractivity contribution in [1.29, 1.82) is 0 Å². The third kappa shape index (κ3) is 7.04. The average molecular weight is 588 g/mol. The van der Waals surface area contributed by atoms with E-state index in [1.807, 2.05) is 0 Å². The van der Waals surface area contributed by atoms with E-state index < -0.39 is 62.0 Å². The van der Waals surface area contributed by atoms with Gasteiger partial charge in [0.05, 0.1) is 21.7 Å². The fourth-order valence-corrected chi connectivity index (χ4v) is 6.06. The predicted molar refractivity (Wildman–Crippen MR) is 128 cm³/mol. The van der Waals surface area contributed by atoms with Gasteiger partial charge in [0.2, 0.25) is 10.0 Å². The molecule has 1 aliphatic rings. The summed E-state index contributed by atoms with van der Waals surface area (Å²) in [6, 6.07) is -1.10. The van der Waals surface area contributed by atoms with Gasteiger partial charge in [-0.25, -0.2) is 26.6 Å². The predicted octanol–water partition coefficient (Wildman–Crippen LogP) is 4.96. The highest BCUT2D eigenvalue weighted by Crippen LogP contribution is 2.42. The van der Waals surface area contributed by atoms with Crippen molar-refractivity contribution in [2.24, 2.45) is 5.92 Å². The number of carbonyl (C=O) groups excluding carboxylic acids is 1. The summed E-state index contributed by atoms with van der Waals surface area (Å²) in [4.78, 5) is 15.6. The molecule has 1 heterocycles. The molecule has 2 aromatic rings. The first-order valence-electron chi connectivity index (χ1n) is 11.6. The maximum Gasteiger partial charge on any atom is 0.404 e. The molecule has 3 N–H and O–H groups in total. The van der Waals surface area contributed by atoms with E-state index in [9.17, 15) is 40.3 Å². The van der Waals surface area contributed by atoms with Gasteiger partial charge in [0.25, 0.3) is 12.3 Å². The number of nitrogens with one attached hydrogen (secondary N) is 2. The fourth-order valence-electron chi connectivity index (χ4n) is 3.70. The average Bonchev–Trinajstić information content (AvgIpc) is 3.16. The second kappa shape index (κ2) is 11.1. The van der Waals surface area contributed by atoms with E-state index >= 15 is 4.39 Å². The number of carbonyl (C=O) groups is 1. The van der Waals surface area contributed by atoms with Crippen LogP contribution < -0.4 is 10.0 Å². The number of hydrogen-bond acceptors (Lipinski definition) is 6. The van der Waals surface area contributed by atoms with Crippen LogP contribution in [-0.4, -0.2) is 48.8 Å². The van der Waals surface area contributed by atoms with Gasteiger partial charge in [0, 0.05) is 12.1 Å². The molecule has 1 amide bonds. The summed E-state index contributed by atoms with van der Waals surface area (Å²) < 4.78 is 108. The number of benzene rings is 1. The SMILES string of the molecule is C[C@H](NS(=O)(=O)c1ccc(-c2sc(C(=O)NCC(C)(C)O)nc2CC2CCC2)c(C(F)F)c1F)C(F)(F)F. The van der Waals surface area contributed by atoms with Crippen molar-refractivity contribution in [3.63, 3.8) is 0 Å². The second-order valence-corrected chi connectivity index (χ2v) is 12.5. The summed E-state index contributed by atoms with van der Waals surface area (Å²) >= 11 is 0.697. The molecule has 0 bridgehead atoms. The van der Waals surface area contributed by atoms with Crippen LogP contribution >= 0.6 is 11.3 Å². The molecule has 0 aliphatic heterocycles. The van der Waals surface area contributed by atoms with E-state index in [1.165, 1.54) is 18.6 Å². The highest BCUT2D eigenvalue weighted by molar-refractivity contribution is 7.89. The van der Waals surface area contributed by atoms with Crippen molar-refractivity contribution in [3.05, 3.63) is 34.2 Å².